The van der Waals surface area contributed by atoms with E-state index in [9.17, 15) is 4.79 Å². The molecule has 112 valence electrons. The molecule has 3 nitrogen and oxygen atoms in total. The van der Waals surface area contributed by atoms with E-state index in [2.05, 4.69) is 15.9 Å². The number of rotatable bonds is 3. The van der Waals surface area contributed by atoms with Gasteiger partial charge in [-0.3, -0.25) is 4.79 Å². The lowest BCUT2D eigenvalue weighted by atomic mass is 10.1. The predicted molar refractivity (Wildman–Crippen MR) is 89.7 cm³/mol. The number of halogens is 1. The molecule has 22 heavy (non-hydrogen) atoms. The second kappa shape index (κ2) is 5.97. The van der Waals surface area contributed by atoms with Gasteiger partial charge in [0.05, 0.1) is 14.2 Å². The van der Waals surface area contributed by atoms with Crippen LogP contribution in [0, 0.1) is 0 Å². The topological polar surface area (TPSA) is 35.5 Å². The van der Waals surface area contributed by atoms with E-state index >= 15 is 0 Å². The maximum absolute atomic E-state index is 12.5. The minimum absolute atomic E-state index is 0.0779. The molecule has 3 rings (SSSR count). The van der Waals surface area contributed by atoms with Crippen molar-refractivity contribution >= 4 is 27.8 Å². The quantitative estimate of drug-likeness (QED) is 0.767. The second-order valence-electron chi connectivity index (χ2n) is 5.05. The molecule has 0 aliphatic heterocycles. The first-order valence-electron chi connectivity index (χ1n) is 6.88. The molecule has 0 fully saturated rings. The van der Waals surface area contributed by atoms with Gasteiger partial charge in [0.2, 0.25) is 0 Å². The highest BCUT2D eigenvalue weighted by atomic mass is 79.9. The molecule has 0 saturated heterocycles. The molecule has 0 atom stereocenters. The van der Waals surface area contributed by atoms with Gasteiger partial charge in [0, 0.05) is 33.7 Å². The standard InChI is InChI=1S/C18H15BrO3/c1-21-13-7-6-11(17(10-13)22-2)8-12-9-15-14(18(12)20)4-3-5-16(15)19/h3-8,10H,9H2,1-2H3/b12-8+. The van der Waals surface area contributed by atoms with Crippen LogP contribution in [0.25, 0.3) is 6.08 Å². The Balaban J connectivity index is 2.01. The third-order valence-corrected chi connectivity index (χ3v) is 4.54. The molecule has 0 N–H and O–H groups in total. The van der Waals surface area contributed by atoms with Crippen LogP contribution in [0.1, 0.15) is 21.5 Å². The van der Waals surface area contributed by atoms with Gasteiger partial charge in [-0.15, -0.1) is 0 Å². The van der Waals surface area contributed by atoms with E-state index in [1.807, 2.05) is 42.5 Å². The Morgan fingerprint density at radius 1 is 1.14 bits per heavy atom. The van der Waals surface area contributed by atoms with Crippen LogP contribution < -0.4 is 9.47 Å². The Bertz CT molecular complexity index is 778. The summed E-state index contributed by atoms with van der Waals surface area (Å²) in [7, 11) is 3.22. The molecule has 0 saturated carbocycles. The highest BCUT2D eigenvalue weighted by Crippen LogP contribution is 2.34. The van der Waals surface area contributed by atoms with E-state index in [1.54, 1.807) is 14.2 Å². The molecule has 4 heteroatoms. The van der Waals surface area contributed by atoms with Crippen molar-refractivity contribution < 1.29 is 14.3 Å². The van der Waals surface area contributed by atoms with E-state index in [1.165, 1.54) is 0 Å². The third kappa shape index (κ3) is 2.55. The van der Waals surface area contributed by atoms with E-state index in [0.717, 1.165) is 32.5 Å². The Morgan fingerprint density at radius 3 is 2.64 bits per heavy atom. The van der Waals surface area contributed by atoms with Crippen LogP contribution in [0.4, 0.5) is 0 Å². The highest BCUT2D eigenvalue weighted by Gasteiger charge is 2.26. The molecule has 0 heterocycles. The number of Topliss-reactive ketones (excluding diaryl/α,β-unsaturated/α-hetero) is 1. The molecule has 0 amide bonds. The second-order valence-corrected chi connectivity index (χ2v) is 5.90. The summed E-state index contributed by atoms with van der Waals surface area (Å²) >= 11 is 3.51. The minimum atomic E-state index is 0.0779. The first-order valence-corrected chi connectivity index (χ1v) is 7.68. The van der Waals surface area contributed by atoms with Gasteiger partial charge < -0.3 is 9.47 Å². The van der Waals surface area contributed by atoms with Gasteiger partial charge in [-0.25, -0.2) is 0 Å². The summed E-state index contributed by atoms with van der Waals surface area (Å²) in [6.07, 6.45) is 2.53. The van der Waals surface area contributed by atoms with Crippen molar-refractivity contribution in [1.82, 2.24) is 0 Å². The first kappa shape index (κ1) is 14.9. The predicted octanol–water partition coefficient (Wildman–Crippen LogP) is 4.29. The normalized spacial score (nSPS) is 15.0. The van der Waals surface area contributed by atoms with E-state index in [0.29, 0.717) is 12.2 Å². The Morgan fingerprint density at radius 2 is 1.95 bits per heavy atom. The van der Waals surface area contributed by atoms with Crippen LogP contribution in [-0.4, -0.2) is 20.0 Å². The molecule has 0 aromatic heterocycles. The average molecular weight is 359 g/mol. The van der Waals surface area contributed by atoms with Gasteiger partial charge in [-0.2, -0.15) is 0 Å². The maximum atomic E-state index is 12.5. The first-order chi connectivity index (χ1) is 10.6. The zero-order valence-electron chi connectivity index (χ0n) is 12.4. The zero-order chi connectivity index (χ0) is 15.7. The summed E-state index contributed by atoms with van der Waals surface area (Å²) in [6, 6.07) is 11.3. The van der Waals surface area contributed by atoms with Gasteiger partial charge in [-0.1, -0.05) is 28.1 Å². The summed E-state index contributed by atoms with van der Waals surface area (Å²) in [5, 5.41) is 0. The lowest BCUT2D eigenvalue weighted by Crippen LogP contribution is -1.96. The van der Waals surface area contributed by atoms with Crippen molar-refractivity contribution in [2.24, 2.45) is 0 Å². The van der Waals surface area contributed by atoms with Crippen LogP contribution in [0.2, 0.25) is 0 Å². The van der Waals surface area contributed by atoms with Crippen molar-refractivity contribution in [1.29, 1.82) is 0 Å². The fraction of sp³-hybridized carbons (Fsp3) is 0.167. The number of carbonyl (C=O) groups excluding carboxylic acids is 1. The number of ether oxygens (including phenoxy) is 2. The highest BCUT2D eigenvalue weighted by molar-refractivity contribution is 9.10. The van der Waals surface area contributed by atoms with Gasteiger partial charge in [0.25, 0.3) is 0 Å². The summed E-state index contributed by atoms with van der Waals surface area (Å²) in [4.78, 5) is 12.5. The molecule has 1 aliphatic rings. The Kier molecular flexibility index (Phi) is 4.03. The molecule has 0 unspecified atom stereocenters. The summed E-state index contributed by atoms with van der Waals surface area (Å²) < 4.78 is 11.6. The molecule has 0 bridgehead atoms. The van der Waals surface area contributed by atoms with Crippen molar-refractivity contribution in [2.45, 2.75) is 6.42 Å². The molecule has 1 aliphatic carbocycles. The van der Waals surface area contributed by atoms with Crippen LogP contribution in [-0.2, 0) is 6.42 Å². The van der Waals surface area contributed by atoms with E-state index in [4.69, 9.17) is 9.47 Å². The van der Waals surface area contributed by atoms with Crippen LogP contribution in [0.5, 0.6) is 11.5 Å². The largest absolute Gasteiger partial charge is 0.497 e. The third-order valence-electron chi connectivity index (χ3n) is 3.79. The number of hydrogen-bond donors (Lipinski definition) is 0. The fourth-order valence-electron chi connectivity index (χ4n) is 2.64. The average Bonchev–Trinajstić information content (AvgIpc) is 2.86. The number of carbonyl (C=O) groups is 1. The van der Waals surface area contributed by atoms with Gasteiger partial charge >= 0.3 is 0 Å². The lowest BCUT2D eigenvalue weighted by molar-refractivity contribution is 0.104. The van der Waals surface area contributed by atoms with Crippen LogP contribution in [0.3, 0.4) is 0 Å². The number of ketones is 1. The fourth-order valence-corrected chi connectivity index (χ4v) is 3.14. The number of fused-ring (bicyclic) bond motifs is 1. The van der Waals surface area contributed by atoms with Gasteiger partial charge in [0.15, 0.2) is 5.78 Å². The minimum Gasteiger partial charge on any atom is -0.497 e. The molecular formula is C18H15BrO3. The Labute approximate surface area is 137 Å². The smallest absolute Gasteiger partial charge is 0.189 e. The number of allylic oxidation sites excluding steroid dienone is 1. The summed E-state index contributed by atoms with van der Waals surface area (Å²) in [5.41, 5.74) is 3.46. The van der Waals surface area contributed by atoms with E-state index in [-0.39, 0.29) is 5.78 Å². The van der Waals surface area contributed by atoms with Crippen molar-refractivity contribution in [3.8, 4) is 11.5 Å². The number of methoxy groups -OCH3 is 2. The van der Waals surface area contributed by atoms with Gasteiger partial charge in [-0.05, 0) is 29.8 Å². The van der Waals surface area contributed by atoms with Crippen LogP contribution >= 0.6 is 15.9 Å². The number of hydrogen-bond acceptors (Lipinski definition) is 3. The van der Waals surface area contributed by atoms with Crippen molar-refractivity contribution in [3.63, 3.8) is 0 Å². The summed E-state index contributed by atoms with van der Waals surface area (Å²) in [5.74, 6) is 1.49. The number of benzene rings is 2. The monoisotopic (exact) mass is 358 g/mol. The molecule has 2 aromatic carbocycles. The van der Waals surface area contributed by atoms with Crippen molar-refractivity contribution in [3.05, 3.63) is 63.1 Å². The summed E-state index contributed by atoms with van der Waals surface area (Å²) in [6.45, 7) is 0. The molecule has 2 aromatic rings. The molecular weight excluding hydrogens is 344 g/mol. The van der Waals surface area contributed by atoms with Crippen LogP contribution in [0.15, 0.2) is 46.4 Å². The lowest BCUT2D eigenvalue weighted by Gasteiger charge is -2.08. The van der Waals surface area contributed by atoms with Crippen molar-refractivity contribution in [2.75, 3.05) is 14.2 Å². The van der Waals surface area contributed by atoms with E-state index < -0.39 is 0 Å². The van der Waals surface area contributed by atoms with Gasteiger partial charge in [0.1, 0.15) is 11.5 Å². The SMILES string of the molecule is COc1ccc(/C=C2\Cc3c(Br)cccc3C2=O)c(OC)c1. The zero-order valence-corrected chi connectivity index (χ0v) is 13.9. The molecule has 0 radical (unpaired) electrons. The maximum Gasteiger partial charge on any atom is 0.189 e. The molecule has 0 spiro atoms. The Hall–Kier alpha value is -2.07.